The van der Waals surface area contributed by atoms with Gasteiger partial charge in [-0.2, -0.15) is 0 Å². The third kappa shape index (κ3) is 3.99. The van der Waals surface area contributed by atoms with E-state index in [0.717, 1.165) is 48.7 Å². The molecule has 1 aliphatic heterocycles. The van der Waals surface area contributed by atoms with Gasteiger partial charge in [0.2, 0.25) is 5.91 Å². The summed E-state index contributed by atoms with van der Waals surface area (Å²) in [5.74, 6) is 2.12. The summed E-state index contributed by atoms with van der Waals surface area (Å²) >= 11 is 3.52. The number of nitrogens with zero attached hydrogens (tertiary/aromatic N) is 5. The minimum absolute atomic E-state index is 0.131. The van der Waals surface area contributed by atoms with Gasteiger partial charge >= 0.3 is 0 Å². The van der Waals surface area contributed by atoms with E-state index in [2.05, 4.69) is 47.7 Å². The minimum Gasteiger partial charge on any atom is -0.342 e. The average Bonchev–Trinajstić information content (AvgIpc) is 3.04. The monoisotopic (exact) mass is 419 g/mol. The van der Waals surface area contributed by atoms with E-state index in [1.165, 1.54) is 5.56 Å². The van der Waals surface area contributed by atoms with Gasteiger partial charge in [-0.3, -0.25) is 9.69 Å². The average molecular weight is 420 g/mol. The van der Waals surface area contributed by atoms with Gasteiger partial charge in [-0.05, 0) is 38.5 Å². The first kappa shape index (κ1) is 19.0. The van der Waals surface area contributed by atoms with Crippen LogP contribution in [0, 0.1) is 0 Å². The molecule has 0 radical (unpaired) electrons. The summed E-state index contributed by atoms with van der Waals surface area (Å²) in [7, 11) is 0. The van der Waals surface area contributed by atoms with E-state index in [9.17, 15) is 4.79 Å². The normalized spacial score (nSPS) is 15.5. The molecule has 2 heterocycles. The van der Waals surface area contributed by atoms with Gasteiger partial charge in [0.15, 0.2) is 0 Å². The maximum atomic E-state index is 12.6. The van der Waals surface area contributed by atoms with Crippen molar-refractivity contribution in [3.05, 3.63) is 46.0 Å². The third-order valence-electron chi connectivity index (χ3n) is 5.09. The lowest BCUT2D eigenvalue weighted by Crippen LogP contribution is -2.49. The van der Waals surface area contributed by atoms with Crippen LogP contribution in [0.5, 0.6) is 0 Å². The number of rotatable bonds is 6. The molecule has 1 aromatic carbocycles. The summed E-state index contributed by atoms with van der Waals surface area (Å²) in [5, 5.41) is 8.79. The second-order valence-electron chi connectivity index (χ2n) is 6.65. The zero-order valence-corrected chi connectivity index (χ0v) is 17.2. The molecule has 0 aliphatic carbocycles. The molecule has 1 atom stereocenters. The zero-order chi connectivity index (χ0) is 18.7. The molecule has 6 nitrogen and oxygen atoms in total. The molecule has 1 aliphatic rings. The Morgan fingerprint density at radius 2 is 2.04 bits per heavy atom. The van der Waals surface area contributed by atoms with Crippen LogP contribution in [0.1, 0.15) is 38.0 Å². The number of halogens is 1. The molecule has 2 aromatic rings. The van der Waals surface area contributed by atoms with Crippen LogP contribution >= 0.6 is 15.9 Å². The Labute approximate surface area is 163 Å². The van der Waals surface area contributed by atoms with E-state index in [1.807, 2.05) is 37.8 Å². The summed E-state index contributed by atoms with van der Waals surface area (Å²) in [6.45, 7) is 9.87. The van der Waals surface area contributed by atoms with E-state index in [0.29, 0.717) is 6.54 Å². The van der Waals surface area contributed by atoms with Gasteiger partial charge in [0.25, 0.3) is 0 Å². The van der Waals surface area contributed by atoms with Crippen molar-refractivity contribution >= 4 is 21.8 Å². The van der Waals surface area contributed by atoms with Crippen LogP contribution < -0.4 is 0 Å². The maximum absolute atomic E-state index is 12.6. The van der Waals surface area contributed by atoms with Crippen molar-refractivity contribution in [2.75, 3.05) is 19.6 Å². The number of fused-ring (bicyclic) bond motifs is 1. The molecule has 1 unspecified atom stereocenters. The van der Waals surface area contributed by atoms with E-state index in [-0.39, 0.29) is 11.9 Å². The van der Waals surface area contributed by atoms with Gasteiger partial charge in [-0.1, -0.05) is 28.1 Å². The van der Waals surface area contributed by atoms with Crippen LogP contribution in [-0.2, 0) is 24.3 Å². The van der Waals surface area contributed by atoms with Crippen molar-refractivity contribution < 1.29 is 4.79 Å². The molecule has 0 saturated carbocycles. The van der Waals surface area contributed by atoms with Crippen LogP contribution in [0.2, 0.25) is 0 Å². The lowest BCUT2D eigenvalue weighted by Gasteiger charge is -2.34. The Kier molecular flexibility index (Phi) is 6.09. The first-order valence-corrected chi connectivity index (χ1v) is 10.0. The third-order valence-corrected chi connectivity index (χ3v) is 5.58. The molecule has 7 heteroatoms. The Hall–Kier alpha value is -1.73. The first-order chi connectivity index (χ1) is 12.5. The van der Waals surface area contributed by atoms with Gasteiger partial charge < -0.3 is 9.47 Å². The van der Waals surface area contributed by atoms with Crippen molar-refractivity contribution in [1.29, 1.82) is 0 Å². The fourth-order valence-corrected chi connectivity index (χ4v) is 3.93. The number of hydrogen-bond acceptors (Lipinski definition) is 4. The Morgan fingerprint density at radius 3 is 2.73 bits per heavy atom. The van der Waals surface area contributed by atoms with Crippen molar-refractivity contribution in [2.24, 2.45) is 0 Å². The molecule has 0 bridgehead atoms. The Bertz CT molecular complexity index is 771. The number of amides is 1. The highest BCUT2D eigenvalue weighted by Crippen LogP contribution is 2.19. The zero-order valence-electron chi connectivity index (χ0n) is 15.7. The molecular formula is C19H26BrN5O. The van der Waals surface area contributed by atoms with Crippen molar-refractivity contribution in [1.82, 2.24) is 24.6 Å². The van der Waals surface area contributed by atoms with Crippen molar-refractivity contribution in [3.63, 3.8) is 0 Å². The van der Waals surface area contributed by atoms with E-state index < -0.39 is 0 Å². The van der Waals surface area contributed by atoms with Gasteiger partial charge in [-0.25, -0.2) is 0 Å². The molecule has 0 N–H and O–H groups in total. The van der Waals surface area contributed by atoms with Gasteiger partial charge in [-0.15, -0.1) is 10.2 Å². The molecule has 140 valence electrons. The molecule has 1 aromatic heterocycles. The molecular weight excluding hydrogens is 394 g/mol. The van der Waals surface area contributed by atoms with Crippen LogP contribution in [0.4, 0.5) is 0 Å². The van der Waals surface area contributed by atoms with Crippen LogP contribution in [0.3, 0.4) is 0 Å². The molecule has 0 fully saturated rings. The minimum atomic E-state index is -0.131. The molecule has 0 saturated heterocycles. The topological polar surface area (TPSA) is 54.3 Å². The molecule has 26 heavy (non-hydrogen) atoms. The number of hydrogen-bond donors (Lipinski definition) is 0. The van der Waals surface area contributed by atoms with E-state index >= 15 is 0 Å². The molecule has 1 amide bonds. The Balaban J connectivity index is 1.70. The van der Waals surface area contributed by atoms with Gasteiger partial charge in [0.1, 0.15) is 11.6 Å². The quantitative estimate of drug-likeness (QED) is 0.721. The van der Waals surface area contributed by atoms with Crippen LogP contribution in [-0.4, -0.2) is 56.1 Å². The highest BCUT2D eigenvalue weighted by atomic mass is 79.9. The molecule has 3 rings (SSSR count). The van der Waals surface area contributed by atoms with E-state index in [1.54, 1.807) is 0 Å². The summed E-state index contributed by atoms with van der Waals surface area (Å²) < 4.78 is 3.27. The number of carbonyl (C=O) groups excluding carboxylic acids is 1. The van der Waals surface area contributed by atoms with Crippen LogP contribution in [0.25, 0.3) is 0 Å². The lowest BCUT2D eigenvalue weighted by atomic mass is 10.1. The van der Waals surface area contributed by atoms with Gasteiger partial charge in [0.05, 0.1) is 12.6 Å². The number of aromatic nitrogens is 3. The lowest BCUT2D eigenvalue weighted by molar-refractivity contribution is -0.136. The summed E-state index contributed by atoms with van der Waals surface area (Å²) in [4.78, 5) is 16.7. The SMILES string of the molecule is CCN(CC)C(=O)C(C)N1CCn2c(Cc3cccc(Br)c3)nnc2C1. The largest absolute Gasteiger partial charge is 0.342 e. The number of benzene rings is 1. The Morgan fingerprint density at radius 1 is 1.27 bits per heavy atom. The smallest absolute Gasteiger partial charge is 0.239 e. The predicted octanol–water partition coefficient (Wildman–Crippen LogP) is 2.70. The standard InChI is InChI=1S/C19H26BrN5O/c1-4-23(5-2)19(26)14(3)24-9-10-25-17(21-22-18(25)13-24)12-15-7-6-8-16(20)11-15/h6-8,11,14H,4-5,9-10,12-13H2,1-3H3. The number of likely N-dealkylation sites (N-methyl/N-ethyl adjacent to an activating group) is 1. The highest BCUT2D eigenvalue weighted by molar-refractivity contribution is 9.10. The first-order valence-electron chi connectivity index (χ1n) is 9.21. The summed E-state index contributed by atoms with van der Waals surface area (Å²) in [6, 6.07) is 8.15. The predicted molar refractivity (Wildman–Crippen MR) is 105 cm³/mol. The summed E-state index contributed by atoms with van der Waals surface area (Å²) in [6.07, 6.45) is 0.764. The van der Waals surface area contributed by atoms with Gasteiger partial charge in [0, 0.05) is 37.1 Å². The van der Waals surface area contributed by atoms with Crippen molar-refractivity contribution in [3.8, 4) is 0 Å². The van der Waals surface area contributed by atoms with Crippen molar-refractivity contribution in [2.45, 2.75) is 46.3 Å². The molecule has 0 spiro atoms. The fourth-order valence-electron chi connectivity index (χ4n) is 3.48. The second kappa shape index (κ2) is 8.31. The van der Waals surface area contributed by atoms with E-state index in [4.69, 9.17) is 0 Å². The maximum Gasteiger partial charge on any atom is 0.239 e. The summed E-state index contributed by atoms with van der Waals surface area (Å²) in [5.41, 5.74) is 1.21. The highest BCUT2D eigenvalue weighted by Gasteiger charge is 2.29. The fraction of sp³-hybridized carbons (Fsp3) is 0.526. The number of carbonyl (C=O) groups is 1. The van der Waals surface area contributed by atoms with Crippen LogP contribution in [0.15, 0.2) is 28.7 Å². The second-order valence-corrected chi connectivity index (χ2v) is 7.56.